The van der Waals surface area contributed by atoms with Gasteiger partial charge < -0.3 is 14.4 Å². The number of benzene rings is 1. The van der Waals surface area contributed by atoms with Gasteiger partial charge in [-0.15, -0.1) is 0 Å². The number of ether oxygens (including phenoxy) is 1. The second kappa shape index (κ2) is 6.54. The molecule has 1 saturated heterocycles. The molecule has 1 aromatic heterocycles. The van der Waals surface area contributed by atoms with Crippen LogP contribution in [0.5, 0.6) is 5.75 Å². The summed E-state index contributed by atoms with van der Waals surface area (Å²) in [6.07, 6.45) is 3.54. The van der Waals surface area contributed by atoms with Gasteiger partial charge in [0, 0.05) is 38.0 Å². The fourth-order valence-corrected chi connectivity index (χ4v) is 4.05. The highest BCUT2D eigenvalue weighted by Gasteiger charge is 2.35. The summed E-state index contributed by atoms with van der Waals surface area (Å²) in [6.45, 7) is 0.861. The molecule has 0 spiro atoms. The van der Waals surface area contributed by atoms with E-state index in [9.17, 15) is 13.5 Å². The number of hydrogen-bond acceptors (Lipinski definition) is 5. The van der Waals surface area contributed by atoms with Crippen LogP contribution in [0.3, 0.4) is 0 Å². The van der Waals surface area contributed by atoms with E-state index in [0.29, 0.717) is 13.2 Å². The van der Waals surface area contributed by atoms with Crippen molar-refractivity contribution in [3.63, 3.8) is 0 Å². The third-order valence-electron chi connectivity index (χ3n) is 4.30. The Morgan fingerprint density at radius 1 is 1.29 bits per heavy atom. The Morgan fingerprint density at radius 3 is 2.67 bits per heavy atom. The molecule has 0 bridgehead atoms. The van der Waals surface area contributed by atoms with Crippen LogP contribution in [-0.4, -0.2) is 60.4 Å². The number of phenolic OH excluding ortho intramolecular Hbond substituents is 1. The smallest absolute Gasteiger partial charge is 0.214 e. The van der Waals surface area contributed by atoms with Crippen LogP contribution in [0.2, 0.25) is 0 Å². The molecule has 0 aliphatic carbocycles. The molecule has 7 nitrogen and oxygen atoms in total. The van der Waals surface area contributed by atoms with Gasteiger partial charge >= 0.3 is 0 Å². The van der Waals surface area contributed by atoms with Crippen molar-refractivity contribution in [3.05, 3.63) is 36.7 Å². The van der Waals surface area contributed by atoms with Crippen molar-refractivity contribution in [2.75, 3.05) is 33.1 Å². The summed E-state index contributed by atoms with van der Waals surface area (Å²) < 4.78 is 33.2. The Morgan fingerprint density at radius 2 is 2.00 bits per heavy atom. The van der Waals surface area contributed by atoms with Crippen molar-refractivity contribution in [3.8, 4) is 17.1 Å². The van der Waals surface area contributed by atoms with Crippen LogP contribution in [0.25, 0.3) is 11.4 Å². The zero-order chi connectivity index (χ0) is 17.3. The van der Waals surface area contributed by atoms with Crippen molar-refractivity contribution >= 4 is 10.0 Å². The molecule has 8 heteroatoms. The lowest BCUT2D eigenvalue weighted by Gasteiger charge is -2.22. The van der Waals surface area contributed by atoms with Gasteiger partial charge in [-0.2, -0.15) is 0 Å². The van der Waals surface area contributed by atoms with Gasteiger partial charge in [0.15, 0.2) is 0 Å². The molecule has 0 unspecified atom stereocenters. The predicted octanol–water partition coefficient (Wildman–Crippen LogP) is 1.33. The molecular weight excluding hydrogens is 330 g/mol. The highest BCUT2D eigenvalue weighted by atomic mass is 32.2. The van der Waals surface area contributed by atoms with Crippen LogP contribution in [0.4, 0.5) is 0 Å². The minimum Gasteiger partial charge on any atom is -0.508 e. The molecule has 0 saturated carbocycles. The first-order chi connectivity index (χ1) is 11.4. The number of nitrogens with zero attached hydrogens (tertiary/aromatic N) is 3. The number of imidazole rings is 1. The lowest BCUT2D eigenvalue weighted by atomic mass is 10.1. The maximum atomic E-state index is 12.2. The van der Waals surface area contributed by atoms with Gasteiger partial charge in [0.25, 0.3) is 0 Å². The fraction of sp³-hybridized carbons (Fsp3) is 0.438. The number of phenols is 1. The zero-order valence-corrected chi connectivity index (χ0v) is 14.5. The third kappa shape index (κ3) is 3.31. The van der Waals surface area contributed by atoms with Crippen molar-refractivity contribution in [2.45, 2.75) is 6.04 Å². The Kier molecular flexibility index (Phi) is 4.62. The minimum absolute atomic E-state index is 0.0395. The second-order valence-electron chi connectivity index (χ2n) is 6.13. The first-order valence-electron chi connectivity index (χ1n) is 7.68. The predicted molar refractivity (Wildman–Crippen MR) is 90.1 cm³/mol. The third-order valence-corrected chi connectivity index (χ3v) is 6.26. The van der Waals surface area contributed by atoms with Crippen molar-refractivity contribution in [2.24, 2.45) is 5.92 Å². The molecular formula is C16H21N3O4S. The summed E-state index contributed by atoms with van der Waals surface area (Å²) >= 11 is 0. The molecule has 1 fully saturated rings. The molecule has 1 aliphatic rings. The van der Waals surface area contributed by atoms with E-state index >= 15 is 0 Å². The van der Waals surface area contributed by atoms with E-state index in [1.807, 2.05) is 10.8 Å². The van der Waals surface area contributed by atoms with E-state index in [2.05, 4.69) is 4.98 Å². The second-order valence-corrected chi connectivity index (χ2v) is 8.36. The van der Waals surface area contributed by atoms with Gasteiger partial charge in [-0.25, -0.2) is 17.7 Å². The van der Waals surface area contributed by atoms with Crippen LogP contribution >= 0.6 is 0 Å². The van der Waals surface area contributed by atoms with Gasteiger partial charge in [-0.3, -0.25) is 0 Å². The summed E-state index contributed by atoms with van der Waals surface area (Å²) in [5.74, 6) is 0.828. The summed E-state index contributed by atoms with van der Waals surface area (Å²) in [5.41, 5.74) is 0.860. The molecule has 0 radical (unpaired) electrons. The topological polar surface area (TPSA) is 84.7 Å². The Labute approximate surface area is 141 Å². The van der Waals surface area contributed by atoms with Gasteiger partial charge in [0.05, 0.1) is 25.0 Å². The maximum Gasteiger partial charge on any atom is 0.214 e. The monoisotopic (exact) mass is 351 g/mol. The van der Waals surface area contributed by atoms with E-state index in [4.69, 9.17) is 4.74 Å². The molecule has 3 rings (SSSR count). The highest BCUT2D eigenvalue weighted by molar-refractivity contribution is 7.89. The van der Waals surface area contributed by atoms with Gasteiger partial charge in [-0.05, 0) is 24.3 Å². The lowest BCUT2D eigenvalue weighted by molar-refractivity contribution is 0.182. The Hall–Kier alpha value is -1.90. The molecule has 2 aromatic rings. The molecule has 2 heterocycles. The minimum atomic E-state index is -3.30. The first kappa shape index (κ1) is 16.9. The van der Waals surface area contributed by atoms with Crippen molar-refractivity contribution in [1.29, 1.82) is 0 Å². The molecule has 130 valence electrons. The molecule has 1 N–H and O–H groups in total. The van der Waals surface area contributed by atoms with E-state index in [1.165, 1.54) is 4.31 Å². The molecule has 24 heavy (non-hydrogen) atoms. The number of sulfonamides is 1. The van der Waals surface area contributed by atoms with E-state index in [-0.39, 0.29) is 23.5 Å². The average Bonchev–Trinajstić information content (AvgIpc) is 3.16. The van der Waals surface area contributed by atoms with Crippen LogP contribution < -0.4 is 0 Å². The summed E-state index contributed by atoms with van der Waals surface area (Å²) in [6, 6.07) is 6.69. The summed E-state index contributed by atoms with van der Waals surface area (Å²) in [7, 11) is -0.220. The summed E-state index contributed by atoms with van der Waals surface area (Å²) in [4.78, 5) is 4.39. The Bertz CT molecular complexity index is 799. The normalized spacial score (nSPS) is 21.5. The summed E-state index contributed by atoms with van der Waals surface area (Å²) in [5, 5.41) is 9.44. The standard InChI is InChI=1S/C16H21N3O4S/c1-18(2)24(21,22)11-13-9-23-10-15(13)19-8-7-17-16(19)12-3-5-14(20)6-4-12/h3-8,13,15,20H,9-11H2,1-2H3/t13-,15+/m0/s1. The van der Waals surface area contributed by atoms with E-state index < -0.39 is 10.0 Å². The quantitative estimate of drug-likeness (QED) is 0.879. The van der Waals surface area contributed by atoms with Crippen LogP contribution in [0, 0.1) is 5.92 Å². The zero-order valence-electron chi connectivity index (χ0n) is 13.7. The average molecular weight is 351 g/mol. The van der Waals surface area contributed by atoms with Gasteiger partial charge in [0.1, 0.15) is 11.6 Å². The Balaban J connectivity index is 1.89. The van der Waals surface area contributed by atoms with Crippen molar-refractivity contribution in [1.82, 2.24) is 13.9 Å². The molecule has 1 aromatic carbocycles. The van der Waals surface area contributed by atoms with Crippen LogP contribution in [-0.2, 0) is 14.8 Å². The number of aromatic hydroxyl groups is 1. The molecule has 0 amide bonds. The van der Waals surface area contributed by atoms with Crippen molar-refractivity contribution < 1.29 is 18.3 Å². The largest absolute Gasteiger partial charge is 0.508 e. The lowest BCUT2D eigenvalue weighted by Crippen LogP contribution is -2.32. The SMILES string of the molecule is CN(C)S(=O)(=O)C[C@@H]1COC[C@H]1n1ccnc1-c1ccc(O)cc1. The maximum absolute atomic E-state index is 12.2. The van der Waals surface area contributed by atoms with E-state index in [0.717, 1.165) is 11.4 Å². The van der Waals surface area contributed by atoms with Crippen LogP contribution in [0.1, 0.15) is 6.04 Å². The van der Waals surface area contributed by atoms with E-state index in [1.54, 1.807) is 44.6 Å². The van der Waals surface area contributed by atoms with Crippen LogP contribution in [0.15, 0.2) is 36.7 Å². The molecule has 1 aliphatic heterocycles. The van der Waals surface area contributed by atoms with Gasteiger partial charge in [0.2, 0.25) is 10.0 Å². The van der Waals surface area contributed by atoms with Gasteiger partial charge in [-0.1, -0.05) is 0 Å². The highest BCUT2D eigenvalue weighted by Crippen LogP contribution is 2.32. The number of hydrogen-bond donors (Lipinski definition) is 1. The number of rotatable bonds is 5. The first-order valence-corrected chi connectivity index (χ1v) is 9.29. The fourth-order valence-electron chi connectivity index (χ4n) is 2.89. The number of aromatic nitrogens is 2. The molecule has 2 atom stereocenters.